The van der Waals surface area contributed by atoms with Crippen LogP contribution in [0, 0.1) is 0 Å². The van der Waals surface area contributed by atoms with E-state index < -0.39 is 24.3 Å². The maximum atomic E-state index is 12.6. The molecule has 0 unspecified atom stereocenters. The summed E-state index contributed by atoms with van der Waals surface area (Å²) in [4.78, 5) is 25.0. The van der Waals surface area contributed by atoms with E-state index in [1.165, 1.54) is 4.40 Å². The summed E-state index contributed by atoms with van der Waals surface area (Å²) in [5, 5.41) is 4.05. The van der Waals surface area contributed by atoms with Gasteiger partial charge in [0.25, 0.3) is 0 Å². The van der Waals surface area contributed by atoms with Crippen molar-refractivity contribution in [3.8, 4) is 0 Å². The summed E-state index contributed by atoms with van der Waals surface area (Å²) in [6.45, 7) is 0.563. The van der Waals surface area contributed by atoms with Crippen LogP contribution in [-0.2, 0) is 11.3 Å². The Labute approximate surface area is 136 Å². The fraction of sp³-hybridized carbons (Fsp3) is 0.533. The molecule has 2 aromatic rings. The molecule has 0 fully saturated rings. The zero-order valence-electron chi connectivity index (χ0n) is 13.3. The van der Waals surface area contributed by atoms with E-state index in [1.54, 1.807) is 24.4 Å². The van der Waals surface area contributed by atoms with Crippen molar-refractivity contribution in [3.05, 3.63) is 34.9 Å². The number of hydrogen-bond acceptors (Lipinski definition) is 3. The molecule has 6 nitrogen and oxygen atoms in total. The fourth-order valence-electron chi connectivity index (χ4n) is 2.33. The molecule has 132 valence electrons. The molecule has 24 heavy (non-hydrogen) atoms. The molecule has 0 atom stereocenters. The number of nitrogens with zero attached hydrogens (tertiary/aromatic N) is 4. The second-order valence-electron chi connectivity index (χ2n) is 5.47. The van der Waals surface area contributed by atoms with Crippen LogP contribution in [0.25, 0.3) is 5.65 Å². The molecule has 2 heterocycles. The Kier molecular flexibility index (Phi) is 5.63. The largest absolute Gasteiger partial charge is 0.406 e. The number of fused-ring (bicyclic) bond motifs is 1. The van der Waals surface area contributed by atoms with Crippen molar-refractivity contribution in [1.82, 2.24) is 19.1 Å². The summed E-state index contributed by atoms with van der Waals surface area (Å²) in [5.74, 6) is -0.635. The van der Waals surface area contributed by atoms with Gasteiger partial charge in [-0.25, -0.2) is 9.48 Å². The van der Waals surface area contributed by atoms with E-state index in [0.717, 1.165) is 9.58 Å². The van der Waals surface area contributed by atoms with Gasteiger partial charge in [0.15, 0.2) is 5.65 Å². The summed E-state index contributed by atoms with van der Waals surface area (Å²) in [6.07, 6.45) is -1.92. The molecule has 0 radical (unpaired) electrons. The van der Waals surface area contributed by atoms with Gasteiger partial charge in [-0.05, 0) is 18.6 Å². The van der Waals surface area contributed by atoms with E-state index in [4.69, 9.17) is 0 Å². The highest BCUT2D eigenvalue weighted by Crippen LogP contribution is 2.17. The van der Waals surface area contributed by atoms with Gasteiger partial charge in [-0.1, -0.05) is 19.4 Å². The van der Waals surface area contributed by atoms with Gasteiger partial charge in [-0.15, -0.1) is 5.10 Å². The number of carbonyl (C=O) groups is 1. The second-order valence-corrected chi connectivity index (χ2v) is 5.47. The minimum absolute atomic E-state index is 0.0505. The first-order chi connectivity index (χ1) is 11.3. The highest BCUT2D eigenvalue weighted by Gasteiger charge is 2.32. The zero-order valence-corrected chi connectivity index (χ0v) is 13.3. The minimum atomic E-state index is -4.44. The third-order valence-electron chi connectivity index (χ3n) is 3.53. The van der Waals surface area contributed by atoms with Crippen molar-refractivity contribution in [2.24, 2.45) is 0 Å². The summed E-state index contributed by atoms with van der Waals surface area (Å²) < 4.78 is 40.2. The number of carbonyl (C=O) groups excluding carboxylic acids is 1. The third-order valence-corrected chi connectivity index (χ3v) is 3.53. The summed E-state index contributed by atoms with van der Waals surface area (Å²) in [7, 11) is 0. The molecular formula is C15H19F3N4O2. The van der Waals surface area contributed by atoms with Crippen LogP contribution in [-0.4, -0.2) is 44.3 Å². The standard InChI is InChI=1S/C15H19F3N4O2/c1-2-3-8-20(11-15(16,17)18)13(23)7-10-22-14(24)21-9-5-4-6-12(21)19-22/h4-6,9H,2-3,7-8,10-11H2,1H3. The van der Waals surface area contributed by atoms with Gasteiger partial charge < -0.3 is 4.90 Å². The van der Waals surface area contributed by atoms with Gasteiger partial charge in [0, 0.05) is 19.2 Å². The molecule has 0 spiro atoms. The average molecular weight is 344 g/mol. The molecule has 0 N–H and O–H groups in total. The van der Waals surface area contributed by atoms with Crippen LogP contribution < -0.4 is 5.69 Å². The van der Waals surface area contributed by atoms with E-state index in [-0.39, 0.29) is 19.5 Å². The molecule has 9 heteroatoms. The lowest BCUT2D eigenvalue weighted by atomic mass is 10.2. The quantitative estimate of drug-likeness (QED) is 0.773. The summed E-state index contributed by atoms with van der Waals surface area (Å²) in [5.41, 5.74) is 0.00223. The van der Waals surface area contributed by atoms with Crippen LogP contribution in [0.15, 0.2) is 29.2 Å². The maximum Gasteiger partial charge on any atom is 0.406 e. The summed E-state index contributed by atoms with van der Waals surface area (Å²) in [6, 6.07) is 5.02. The van der Waals surface area contributed by atoms with Gasteiger partial charge in [0.05, 0.1) is 6.54 Å². The van der Waals surface area contributed by atoms with Crippen molar-refractivity contribution in [2.45, 2.75) is 38.9 Å². The topological polar surface area (TPSA) is 59.6 Å². The van der Waals surface area contributed by atoms with Crippen molar-refractivity contribution < 1.29 is 18.0 Å². The summed E-state index contributed by atoms with van der Waals surface area (Å²) >= 11 is 0. The molecule has 0 aliphatic carbocycles. The number of rotatable bonds is 7. The smallest absolute Gasteiger partial charge is 0.334 e. The number of alkyl halides is 3. The van der Waals surface area contributed by atoms with Gasteiger partial charge in [0.1, 0.15) is 6.54 Å². The number of halogens is 3. The Morgan fingerprint density at radius 1 is 1.33 bits per heavy atom. The lowest BCUT2D eigenvalue weighted by Crippen LogP contribution is -2.40. The van der Waals surface area contributed by atoms with E-state index in [9.17, 15) is 22.8 Å². The molecule has 0 aliphatic heterocycles. The van der Waals surface area contributed by atoms with Crippen LogP contribution in [0.3, 0.4) is 0 Å². The van der Waals surface area contributed by atoms with Gasteiger partial charge in [-0.2, -0.15) is 13.2 Å². The molecule has 0 aromatic carbocycles. The SMILES string of the molecule is CCCCN(CC(F)(F)F)C(=O)CCn1nc2ccccn2c1=O. The number of hydrogen-bond donors (Lipinski definition) is 0. The number of aromatic nitrogens is 3. The number of unbranched alkanes of at least 4 members (excludes halogenated alkanes) is 1. The van der Waals surface area contributed by atoms with E-state index in [1.807, 2.05) is 6.92 Å². The van der Waals surface area contributed by atoms with Crippen molar-refractivity contribution in [1.29, 1.82) is 0 Å². The predicted octanol–water partition coefficient (Wildman–Crippen LogP) is 2.08. The van der Waals surface area contributed by atoms with Gasteiger partial charge in [-0.3, -0.25) is 9.20 Å². The van der Waals surface area contributed by atoms with E-state index >= 15 is 0 Å². The number of aryl methyl sites for hydroxylation is 1. The number of amides is 1. The Morgan fingerprint density at radius 3 is 2.71 bits per heavy atom. The molecule has 0 saturated carbocycles. The molecule has 1 amide bonds. The van der Waals surface area contributed by atoms with Crippen LogP contribution >= 0.6 is 0 Å². The first-order valence-electron chi connectivity index (χ1n) is 7.70. The van der Waals surface area contributed by atoms with Crippen LogP contribution in [0.1, 0.15) is 26.2 Å². The highest BCUT2D eigenvalue weighted by atomic mass is 19.4. The minimum Gasteiger partial charge on any atom is -0.334 e. The number of pyridine rings is 1. The van der Waals surface area contributed by atoms with Crippen molar-refractivity contribution in [2.75, 3.05) is 13.1 Å². The van der Waals surface area contributed by atoms with Gasteiger partial charge >= 0.3 is 11.9 Å². The Bertz CT molecular complexity index is 751. The first-order valence-corrected chi connectivity index (χ1v) is 7.70. The van der Waals surface area contributed by atoms with Crippen LogP contribution in [0.4, 0.5) is 13.2 Å². The lowest BCUT2D eigenvalue weighted by Gasteiger charge is -2.23. The second kappa shape index (κ2) is 7.50. The van der Waals surface area contributed by atoms with Crippen LogP contribution in [0.2, 0.25) is 0 Å². The van der Waals surface area contributed by atoms with E-state index in [0.29, 0.717) is 18.5 Å². The monoisotopic (exact) mass is 344 g/mol. The van der Waals surface area contributed by atoms with Crippen LogP contribution in [0.5, 0.6) is 0 Å². The Balaban J connectivity index is 2.05. The zero-order chi connectivity index (χ0) is 17.7. The third kappa shape index (κ3) is 4.59. The molecule has 0 saturated heterocycles. The lowest BCUT2D eigenvalue weighted by molar-refractivity contribution is -0.161. The maximum absolute atomic E-state index is 12.6. The molecule has 2 aromatic heterocycles. The van der Waals surface area contributed by atoms with Crippen molar-refractivity contribution >= 4 is 11.6 Å². The van der Waals surface area contributed by atoms with Crippen molar-refractivity contribution in [3.63, 3.8) is 0 Å². The molecule has 0 aliphatic rings. The highest BCUT2D eigenvalue weighted by molar-refractivity contribution is 5.76. The molecule has 2 rings (SSSR count). The average Bonchev–Trinajstić information content (AvgIpc) is 2.85. The predicted molar refractivity (Wildman–Crippen MR) is 81.6 cm³/mol. The fourth-order valence-corrected chi connectivity index (χ4v) is 2.33. The Hall–Kier alpha value is -2.32. The molecule has 0 bridgehead atoms. The molecular weight excluding hydrogens is 325 g/mol. The Morgan fingerprint density at radius 2 is 2.08 bits per heavy atom. The normalized spacial score (nSPS) is 11.8. The van der Waals surface area contributed by atoms with Gasteiger partial charge in [0.2, 0.25) is 5.91 Å². The first kappa shape index (κ1) is 18.0. The van der Waals surface area contributed by atoms with E-state index in [2.05, 4.69) is 5.10 Å².